The van der Waals surface area contributed by atoms with E-state index >= 15 is 0 Å². The zero-order chi connectivity index (χ0) is 28.2. The van der Waals surface area contributed by atoms with E-state index in [2.05, 4.69) is 37.6 Å². The number of fused-ring (bicyclic) bond motifs is 1. The predicted molar refractivity (Wildman–Crippen MR) is 159 cm³/mol. The predicted octanol–water partition coefficient (Wildman–Crippen LogP) is 3.48. The lowest BCUT2D eigenvalue weighted by atomic mass is 10.1. The highest BCUT2D eigenvalue weighted by Crippen LogP contribution is 2.30. The van der Waals surface area contributed by atoms with E-state index in [-0.39, 0.29) is 30.3 Å². The van der Waals surface area contributed by atoms with Gasteiger partial charge >= 0.3 is 6.03 Å². The number of imidazole rings is 1. The van der Waals surface area contributed by atoms with Crippen LogP contribution in [0.2, 0.25) is 0 Å². The molecule has 0 radical (unpaired) electrons. The first kappa shape index (κ1) is 27.3. The summed E-state index contributed by atoms with van der Waals surface area (Å²) in [7, 11) is 0. The number of piperazine rings is 1. The molecule has 2 aromatic carbocycles. The smallest absolute Gasteiger partial charge is 0.317 e. The van der Waals surface area contributed by atoms with Gasteiger partial charge in [-0.1, -0.05) is 30.3 Å². The second-order valence-corrected chi connectivity index (χ2v) is 10.6. The number of amides is 2. The fourth-order valence-corrected chi connectivity index (χ4v) is 5.19. The summed E-state index contributed by atoms with van der Waals surface area (Å²) >= 11 is 0. The summed E-state index contributed by atoms with van der Waals surface area (Å²) in [6, 6.07) is 15.7. The molecule has 2 amide bonds. The molecule has 1 aliphatic heterocycles. The fourth-order valence-electron chi connectivity index (χ4n) is 5.19. The van der Waals surface area contributed by atoms with E-state index in [4.69, 9.17) is 4.98 Å². The van der Waals surface area contributed by atoms with Crippen LogP contribution in [0.15, 0.2) is 59.5 Å². The molecule has 1 saturated heterocycles. The van der Waals surface area contributed by atoms with Gasteiger partial charge in [-0.2, -0.15) is 0 Å². The second kappa shape index (κ2) is 11.8. The molecule has 5 rings (SSSR count). The van der Waals surface area contributed by atoms with Gasteiger partial charge in [0.05, 0.1) is 29.4 Å². The monoisotopic (exact) mass is 543 g/mol. The maximum absolute atomic E-state index is 13.0. The Hall–Kier alpha value is -4.31. The van der Waals surface area contributed by atoms with Gasteiger partial charge in [0.2, 0.25) is 0 Å². The van der Waals surface area contributed by atoms with E-state index in [9.17, 15) is 14.7 Å². The third kappa shape index (κ3) is 5.96. The molecule has 3 heterocycles. The average Bonchev–Trinajstić information content (AvgIpc) is 3.37. The number of aromatic amines is 2. The van der Waals surface area contributed by atoms with Crippen molar-refractivity contribution in [2.75, 3.05) is 43.0 Å². The van der Waals surface area contributed by atoms with Crippen LogP contribution in [0.3, 0.4) is 0 Å². The number of aromatic nitrogens is 3. The number of hydrogen-bond acceptors (Lipinski definition) is 6. The molecule has 2 aromatic heterocycles. The molecule has 1 fully saturated rings. The Morgan fingerprint density at radius 3 is 2.55 bits per heavy atom. The molecule has 0 unspecified atom stereocenters. The summed E-state index contributed by atoms with van der Waals surface area (Å²) in [4.78, 5) is 40.5. The number of aliphatic hydroxyl groups is 1. The van der Waals surface area contributed by atoms with Gasteiger partial charge in [-0.05, 0) is 56.5 Å². The lowest BCUT2D eigenvalue weighted by molar-refractivity contribution is 0.192. The van der Waals surface area contributed by atoms with Crippen molar-refractivity contribution in [1.82, 2.24) is 25.2 Å². The molecular formula is C30H37N7O3. The van der Waals surface area contributed by atoms with E-state index in [0.29, 0.717) is 36.6 Å². The number of anilines is 2. The van der Waals surface area contributed by atoms with Crippen LogP contribution in [0.1, 0.15) is 25.0 Å². The van der Waals surface area contributed by atoms with Gasteiger partial charge in [-0.25, -0.2) is 9.78 Å². The van der Waals surface area contributed by atoms with Crippen LogP contribution in [0.25, 0.3) is 22.4 Å². The fraction of sp³-hybridized carbons (Fsp3) is 0.367. The largest absolute Gasteiger partial charge is 0.394 e. The minimum atomic E-state index is -0.276. The van der Waals surface area contributed by atoms with Gasteiger partial charge in [0, 0.05) is 44.1 Å². The van der Waals surface area contributed by atoms with Gasteiger partial charge in [0.15, 0.2) is 0 Å². The number of pyridine rings is 1. The van der Waals surface area contributed by atoms with Gasteiger partial charge in [0.25, 0.3) is 5.56 Å². The molecule has 40 heavy (non-hydrogen) atoms. The van der Waals surface area contributed by atoms with Crippen LogP contribution in [-0.2, 0) is 6.42 Å². The molecular weight excluding hydrogens is 506 g/mol. The van der Waals surface area contributed by atoms with Crippen molar-refractivity contribution in [3.05, 3.63) is 76.2 Å². The molecule has 1 aliphatic rings. The maximum atomic E-state index is 13.0. The highest BCUT2D eigenvalue weighted by molar-refractivity contribution is 5.87. The number of nitrogens with zero attached hydrogens (tertiary/aromatic N) is 3. The van der Waals surface area contributed by atoms with Crippen LogP contribution in [0.4, 0.5) is 16.2 Å². The third-order valence-corrected chi connectivity index (χ3v) is 7.21. The van der Waals surface area contributed by atoms with Crippen molar-refractivity contribution >= 4 is 28.4 Å². The molecule has 0 spiro atoms. The number of aliphatic hydroxyl groups excluding tert-OH is 1. The first-order valence-corrected chi connectivity index (χ1v) is 13.8. The minimum Gasteiger partial charge on any atom is -0.394 e. The van der Waals surface area contributed by atoms with Crippen molar-refractivity contribution in [3.8, 4) is 11.4 Å². The SMILES string of the molecule is Cc1cc(N2CCN(C(=O)NC(C)C)CC2)cc2[nH]c(-c3c(N[C@@H](CO)Cc4ccccc4)cc[nH]c3=O)nc12. The third-order valence-electron chi connectivity index (χ3n) is 7.21. The quantitative estimate of drug-likeness (QED) is 0.231. The molecule has 0 saturated carbocycles. The lowest BCUT2D eigenvalue weighted by Gasteiger charge is -2.36. The van der Waals surface area contributed by atoms with Crippen LogP contribution in [-0.4, -0.2) is 75.9 Å². The Balaban J connectivity index is 1.39. The molecule has 10 heteroatoms. The molecule has 5 N–H and O–H groups in total. The van der Waals surface area contributed by atoms with Crippen molar-refractivity contribution < 1.29 is 9.90 Å². The number of aryl methyl sites for hydroxylation is 1. The van der Waals surface area contributed by atoms with Crippen molar-refractivity contribution in [2.24, 2.45) is 0 Å². The van der Waals surface area contributed by atoms with Crippen LogP contribution < -0.4 is 21.1 Å². The summed E-state index contributed by atoms with van der Waals surface area (Å²) in [6.07, 6.45) is 2.21. The Kier molecular flexibility index (Phi) is 8.06. The zero-order valence-electron chi connectivity index (χ0n) is 23.2. The molecule has 10 nitrogen and oxygen atoms in total. The van der Waals surface area contributed by atoms with E-state index in [1.165, 1.54) is 0 Å². The topological polar surface area (TPSA) is 129 Å². The van der Waals surface area contributed by atoms with Crippen LogP contribution in [0.5, 0.6) is 0 Å². The number of hydrogen-bond donors (Lipinski definition) is 5. The first-order chi connectivity index (χ1) is 19.3. The number of urea groups is 1. The summed E-state index contributed by atoms with van der Waals surface area (Å²) in [5.41, 5.74) is 5.50. The van der Waals surface area contributed by atoms with Crippen molar-refractivity contribution in [1.29, 1.82) is 0 Å². The van der Waals surface area contributed by atoms with E-state index < -0.39 is 0 Å². The van der Waals surface area contributed by atoms with Crippen molar-refractivity contribution in [3.63, 3.8) is 0 Å². The highest BCUT2D eigenvalue weighted by atomic mass is 16.3. The van der Waals surface area contributed by atoms with E-state index in [1.54, 1.807) is 12.3 Å². The maximum Gasteiger partial charge on any atom is 0.317 e. The van der Waals surface area contributed by atoms with E-state index in [1.807, 2.05) is 56.0 Å². The highest BCUT2D eigenvalue weighted by Gasteiger charge is 2.23. The molecule has 1 atom stereocenters. The Bertz CT molecular complexity index is 1520. The number of benzene rings is 2. The number of rotatable bonds is 8. The summed E-state index contributed by atoms with van der Waals surface area (Å²) in [5.74, 6) is 0.464. The summed E-state index contributed by atoms with van der Waals surface area (Å²) < 4.78 is 0. The standard InChI is InChI=1S/C30H37N7O3/c1-19(2)32-30(40)37-13-11-36(12-14-37)23-15-20(3)27-25(17-23)34-28(35-27)26-24(9-10-31-29(26)39)33-22(18-38)16-21-7-5-4-6-8-21/h4-10,15,17,19,22,38H,11-14,16,18H2,1-3H3,(H,32,40)(H,34,35)(H2,31,33,39)/t22-/m1/s1. The Labute approximate surface area is 233 Å². The molecule has 4 aromatic rings. The van der Waals surface area contributed by atoms with Gasteiger partial charge in [-0.3, -0.25) is 4.79 Å². The first-order valence-electron chi connectivity index (χ1n) is 13.8. The number of H-pyrrole nitrogens is 2. The van der Waals surface area contributed by atoms with Gasteiger partial charge in [-0.15, -0.1) is 0 Å². The normalized spacial score (nSPS) is 14.5. The Morgan fingerprint density at radius 1 is 1.10 bits per heavy atom. The van der Waals surface area contributed by atoms with E-state index in [0.717, 1.165) is 40.9 Å². The Morgan fingerprint density at radius 2 is 1.85 bits per heavy atom. The minimum absolute atomic E-state index is 0.0239. The number of carbonyl (C=O) groups is 1. The summed E-state index contributed by atoms with van der Waals surface area (Å²) in [5, 5.41) is 16.4. The number of nitrogens with one attached hydrogen (secondary N) is 4. The summed E-state index contributed by atoms with van der Waals surface area (Å²) in [6.45, 7) is 8.60. The van der Waals surface area contributed by atoms with Crippen molar-refractivity contribution in [2.45, 2.75) is 39.3 Å². The average molecular weight is 544 g/mol. The second-order valence-electron chi connectivity index (χ2n) is 10.6. The molecule has 0 bridgehead atoms. The van der Waals surface area contributed by atoms with Crippen LogP contribution in [0, 0.1) is 6.92 Å². The lowest BCUT2D eigenvalue weighted by Crippen LogP contribution is -2.52. The molecule has 0 aliphatic carbocycles. The zero-order valence-corrected chi connectivity index (χ0v) is 23.2. The van der Waals surface area contributed by atoms with Gasteiger partial charge < -0.3 is 35.5 Å². The van der Waals surface area contributed by atoms with Gasteiger partial charge in [0.1, 0.15) is 11.4 Å². The van der Waals surface area contributed by atoms with Crippen LogP contribution >= 0.6 is 0 Å². The number of carbonyl (C=O) groups excluding carboxylic acids is 1. The molecule has 210 valence electrons.